The highest BCUT2D eigenvalue weighted by atomic mass is 35.5. The Bertz CT molecular complexity index is 2270. The van der Waals surface area contributed by atoms with Gasteiger partial charge in [0.25, 0.3) is 0 Å². The van der Waals surface area contributed by atoms with E-state index in [9.17, 15) is 5.11 Å². The maximum Gasteiger partial charge on any atom is 0.319 e. The van der Waals surface area contributed by atoms with Crippen LogP contribution in [-0.2, 0) is 17.8 Å². The second-order valence-corrected chi connectivity index (χ2v) is 16.1. The molecule has 4 atom stereocenters. The van der Waals surface area contributed by atoms with Crippen LogP contribution in [0.4, 0.5) is 14.6 Å². The first-order valence-corrected chi connectivity index (χ1v) is 19.7. The van der Waals surface area contributed by atoms with Gasteiger partial charge in [0.1, 0.15) is 34.0 Å². The number of benzene rings is 2. The minimum atomic E-state index is -0.817. The summed E-state index contributed by atoms with van der Waals surface area (Å²) in [5, 5.41) is 20.0. The molecular weight excluding hydrogens is 730 g/mol. The number of rotatable bonds is 7. The lowest BCUT2D eigenvalue weighted by molar-refractivity contribution is -0.0967. The van der Waals surface area contributed by atoms with Gasteiger partial charge in [-0.3, -0.25) is 4.90 Å². The summed E-state index contributed by atoms with van der Waals surface area (Å²) in [4.78, 5) is 19.1. The Hall–Kier alpha value is -4.40. The van der Waals surface area contributed by atoms with Gasteiger partial charge in [0, 0.05) is 41.5 Å². The van der Waals surface area contributed by atoms with Crippen LogP contribution in [-0.4, -0.2) is 91.1 Å². The van der Waals surface area contributed by atoms with Crippen LogP contribution in [0.1, 0.15) is 70.9 Å². The lowest BCUT2D eigenvalue weighted by Gasteiger charge is -2.51. The van der Waals surface area contributed by atoms with Crippen molar-refractivity contribution >= 4 is 39.1 Å². The third kappa shape index (κ3) is 6.39. The minimum absolute atomic E-state index is 0.0278. The maximum absolute atomic E-state index is 17.3. The molecule has 290 valence electrons. The average Bonchev–Trinajstić information content (AvgIpc) is 3.68. The number of anilines is 1. The smallest absolute Gasteiger partial charge is 0.319 e. The Kier molecular flexibility index (Phi) is 9.41. The van der Waals surface area contributed by atoms with Crippen LogP contribution >= 0.6 is 11.6 Å². The molecule has 0 spiro atoms. The van der Waals surface area contributed by atoms with Crippen LogP contribution in [0.25, 0.3) is 32.9 Å². The Labute approximate surface area is 322 Å². The molecule has 4 unspecified atom stereocenters. The number of ether oxygens (including phenoxy) is 3. The van der Waals surface area contributed by atoms with Gasteiger partial charge in [-0.15, -0.1) is 5.10 Å². The molecule has 3 aliphatic heterocycles. The molecule has 9 rings (SSSR count). The van der Waals surface area contributed by atoms with E-state index in [1.807, 2.05) is 4.90 Å². The highest BCUT2D eigenvalue weighted by molar-refractivity contribution is 6.30. The van der Waals surface area contributed by atoms with Crippen LogP contribution < -0.4 is 14.4 Å². The quantitative estimate of drug-likeness (QED) is 0.177. The number of hydrogen-bond acceptors (Lipinski definition) is 11. The number of likely N-dealkylation sites (tertiary alicyclic amines) is 1. The molecule has 6 heterocycles. The second-order valence-electron chi connectivity index (χ2n) is 15.8. The second kappa shape index (κ2) is 14.3. The molecule has 5 aromatic rings. The summed E-state index contributed by atoms with van der Waals surface area (Å²) >= 11 is 6.51. The van der Waals surface area contributed by atoms with Crippen molar-refractivity contribution in [3.05, 3.63) is 52.8 Å². The Morgan fingerprint density at radius 3 is 2.64 bits per heavy atom. The predicted octanol–water partition coefficient (Wildman–Crippen LogP) is 7.46. The summed E-state index contributed by atoms with van der Waals surface area (Å²) in [5.74, 6) is -1.15. The molecule has 0 bridgehead atoms. The Balaban J connectivity index is 1.16. The first kappa shape index (κ1) is 36.3. The molecule has 2 aromatic carbocycles. The average molecular weight is 775 g/mol. The van der Waals surface area contributed by atoms with Crippen LogP contribution in [0.3, 0.4) is 0 Å². The van der Waals surface area contributed by atoms with Gasteiger partial charge in [0.05, 0.1) is 38.2 Å². The van der Waals surface area contributed by atoms with Gasteiger partial charge in [0.15, 0.2) is 11.0 Å². The van der Waals surface area contributed by atoms with Gasteiger partial charge in [0.2, 0.25) is 5.88 Å². The number of fused-ring (bicyclic) bond motifs is 4. The molecule has 0 radical (unpaired) electrons. The number of piperidine rings is 1. The molecule has 3 fully saturated rings. The first-order valence-electron chi connectivity index (χ1n) is 19.4. The lowest BCUT2D eigenvalue weighted by atomic mass is 9.74. The molecule has 12 nitrogen and oxygen atoms in total. The fraction of sp³-hybridized carbons (Fsp3) is 0.525. The number of halogens is 3. The molecule has 1 aliphatic carbocycles. The van der Waals surface area contributed by atoms with E-state index in [2.05, 4.69) is 34.0 Å². The van der Waals surface area contributed by atoms with Gasteiger partial charge in [-0.1, -0.05) is 35.4 Å². The van der Waals surface area contributed by atoms with Crippen molar-refractivity contribution in [2.45, 2.75) is 103 Å². The number of pyridine rings is 1. The van der Waals surface area contributed by atoms with Crippen LogP contribution in [0.15, 0.2) is 30.3 Å². The molecule has 1 N–H and O–H groups in total. The maximum atomic E-state index is 17.3. The molecule has 2 saturated heterocycles. The van der Waals surface area contributed by atoms with E-state index < -0.39 is 11.6 Å². The highest BCUT2D eigenvalue weighted by Crippen LogP contribution is 2.50. The van der Waals surface area contributed by atoms with Gasteiger partial charge >= 0.3 is 6.01 Å². The van der Waals surface area contributed by atoms with E-state index in [4.69, 9.17) is 35.8 Å². The summed E-state index contributed by atoms with van der Waals surface area (Å²) in [7, 11) is 1.44. The van der Waals surface area contributed by atoms with Crippen molar-refractivity contribution in [1.82, 2.24) is 34.8 Å². The standard InChI is InChI=1S/C40H45ClF2N8O4/c1-22-16-25(17-23(2)55-22)50-14-6-12-40(11-5-10-30(40)50)21-54-39-45-35-32(37(46-39)49-13-7-15-51-29(20-49)36(41)47-48-51)38(53-3)44-34(33(35)43)27-19-26(52)18-24-8-4-9-28(42)31(24)27/h4,8-9,18-19,22-23,25,30,52H,5-7,10-17,20-21H2,1-3H3. The Morgan fingerprint density at radius 2 is 1.82 bits per heavy atom. The van der Waals surface area contributed by atoms with Gasteiger partial charge in [-0.25, -0.2) is 18.4 Å². The lowest BCUT2D eigenvalue weighted by Crippen LogP contribution is -2.57. The fourth-order valence-corrected chi connectivity index (χ4v) is 10.2. The third-order valence-electron chi connectivity index (χ3n) is 12.3. The number of hydrogen-bond donors (Lipinski definition) is 1. The number of phenolic OH excluding ortho intramolecular Hbond substituents is 1. The summed E-state index contributed by atoms with van der Waals surface area (Å²) in [5.41, 5.74) is 0.354. The van der Waals surface area contributed by atoms with Gasteiger partial charge in [-0.05, 0) is 88.9 Å². The van der Waals surface area contributed by atoms with Crippen LogP contribution in [0, 0.1) is 17.0 Å². The SMILES string of the molecule is COc1nc(-c2cc(O)cc3cccc(F)c23)c(F)c2nc(OCC34CCCC3N(C3CC(C)OC(C)C3)CCC4)nc(N3CCCn4nnc(Cl)c4C3)c12. The predicted molar refractivity (Wildman–Crippen MR) is 204 cm³/mol. The van der Waals surface area contributed by atoms with E-state index in [1.54, 1.807) is 10.7 Å². The topological polar surface area (TPSA) is 124 Å². The van der Waals surface area contributed by atoms with Gasteiger partial charge < -0.3 is 24.2 Å². The molecular formula is C40H45ClF2N8O4. The first-order chi connectivity index (χ1) is 26.6. The zero-order valence-corrected chi connectivity index (χ0v) is 32.0. The number of aryl methyl sites for hydroxylation is 1. The third-order valence-corrected chi connectivity index (χ3v) is 12.6. The van der Waals surface area contributed by atoms with E-state index >= 15 is 8.78 Å². The molecule has 3 aromatic heterocycles. The summed E-state index contributed by atoms with van der Waals surface area (Å²) in [6.07, 6.45) is 8.46. The van der Waals surface area contributed by atoms with E-state index in [0.29, 0.717) is 55.1 Å². The normalized spacial score (nSPS) is 25.9. The Morgan fingerprint density at radius 1 is 1.00 bits per heavy atom. The van der Waals surface area contributed by atoms with Crippen molar-refractivity contribution in [3.63, 3.8) is 0 Å². The largest absolute Gasteiger partial charge is 0.508 e. The minimum Gasteiger partial charge on any atom is -0.508 e. The van der Waals surface area contributed by atoms with Gasteiger partial charge in [-0.2, -0.15) is 9.97 Å². The summed E-state index contributed by atoms with van der Waals surface area (Å²) in [6.45, 7) is 7.19. The van der Waals surface area contributed by atoms with Crippen molar-refractivity contribution < 1.29 is 28.1 Å². The number of phenols is 1. The molecule has 15 heteroatoms. The zero-order chi connectivity index (χ0) is 38.0. The number of aromatic nitrogens is 6. The van der Waals surface area contributed by atoms with Crippen molar-refractivity contribution in [2.24, 2.45) is 5.41 Å². The van der Waals surface area contributed by atoms with Crippen molar-refractivity contribution in [2.75, 3.05) is 31.7 Å². The molecule has 1 saturated carbocycles. The fourth-order valence-electron chi connectivity index (χ4n) is 9.99. The van der Waals surface area contributed by atoms with Crippen molar-refractivity contribution in [3.8, 4) is 28.9 Å². The molecule has 55 heavy (non-hydrogen) atoms. The summed E-state index contributed by atoms with van der Waals surface area (Å²) in [6, 6.07) is 8.05. The zero-order valence-electron chi connectivity index (χ0n) is 31.3. The van der Waals surface area contributed by atoms with E-state index in [1.165, 1.54) is 31.4 Å². The molecule has 4 aliphatic rings. The number of aromatic hydroxyl groups is 1. The van der Waals surface area contributed by atoms with Crippen LogP contribution in [0.5, 0.6) is 17.6 Å². The van der Waals surface area contributed by atoms with E-state index in [-0.39, 0.29) is 74.5 Å². The number of methoxy groups -OCH3 is 1. The molecule has 0 amide bonds. The van der Waals surface area contributed by atoms with Crippen molar-refractivity contribution in [1.29, 1.82) is 0 Å². The van der Waals surface area contributed by atoms with Crippen LogP contribution in [0.2, 0.25) is 5.15 Å². The highest BCUT2D eigenvalue weighted by Gasteiger charge is 2.50. The summed E-state index contributed by atoms with van der Waals surface area (Å²) < 4.78 is 53.1. The number of nitrogens with zero attached hydrogens (tertiary/aromatic N) is 8. The monoisotopic (exact) mass is 774 g/mol. The van der Waals surface area contributed by atoms with E-state index in [0.717, 1.165) is 51.5 Å².